The maximum atomic E-state index is 14.2. The summed E-state index contributed by atoms with van der Waals surface area (Å²) in [6.07, 6.45) is 0.757. The fraction of sp³-hybridized carbons (Fsp3) is 0.125. The number of hydrogen-bond acceptors (Lipinski definition) is 5. The van der Waals surface area contributed by atoms with Gasteiger partial charge in [0.2, 0.25) is 0 Å². The van der Waals surface area contributed by atoms with Gasteiger partial charge in [-0.05, 0) is 59.9 Å². The zero-order valence-electron chi connectivity index (χ0n) is 21.3. The Morgan fingerprint density at radius 2 is 1.60 bits per heavy atom. The smallest absolute Gasteiger partial charge is 0.269 e. The van der Waals surface area contributed by atoms with Crippen LogP contribution in [0.2, 0.25) is 5.02 Å². The molecule has 0 fully saturated rings. The van der Waals surface area contributed by atoms with Crippen LogP contribution in [-0.2, 0) is 4.79 Å². The van der Waals surface area contributed by atoms with Crippen LogP contribution in [0, 0.1) is 10.1 Å². The van der Waals surface area contributed by atoms with Gasteiger partial charge in [-0.2, -0.15) is 0 Å². The molecule has 4 aromatic carbocycles. The third kappa shape index (κ3) is 4.65. The molecule has 40 heavy (non-hydrogen) atoms. The molecular weight excluding hydrogens is 526 g/mol. The topological polar surface area (TPSA) is 92.5 Å². The van der Waals surface area contributed by atoms with Gasteiger partial charge in [-0.25, -0.2) is 0 Å². The average Bonchev–Trinajstić information content (AvgIpc) is 3.12. The van der Waals surface area contributed by atoms with E-state index in [4.69, 9.17) is 11.6 Å². The summed E-state index contributed by atoms with van der Waals surface area (Å²) >= 11 is 6.11. The summed E-state index contributed by atoms with van der Waals surface area (Å²) in [6, 6.07) is 29.0. The standard InChI is InChI=1S/C32H24ClN3O4/c33-24-15-13-20(14-16-24)23-18-27-30(29(37)19-23)31(22-9-6-10-25(17-22)36(39)40)35(28-12-5-4-11-26(28)34-27)32(38)21-7-2-1-3-8-21/h1-17,23,31,34H,18-19H2/t23-,31+/m0/s1. The normalized spacial score (nSPS) is 18.3. The molecule has 0 unspecified atom stereocenters. The van der Waals surface area contributed by atoms with Crippen LogP contribution in [0.1, 0.15) is 46.3 Å². The zero-order chi connectivity index (χ0) is 27.8. The molecule has 1 amide bonds. The zero-order valence-corrected chi connectivity index (χ0v) is 22.0. The number of non-ortho nitro benzene ring substituents is 1. The van der Waals surface area contributed by atoms with Crippen molar-refractivity contribution in [3.63, 3.8) is 0 Å². The molecular formula is C32H24ClN3O4. The first-order chi connectivity index (χ1) is 19.4. The van der Waals surface area contributed by atoms with Gasteiger partial charge in [0.25, 0.3) is 11.6 Å². The van der Waals surface area contributed by atoms with Crippen LogP contribution in [0.5, 0.6) is 0 Å². The molecule has 2 atom stereocenters. The Labute approximate surface area is 235 Å². The molecule has 8 heteroatoms. The van der Waals surface area contributed by atoms with Gasteiger partial charge < -0.3 is 5.32 Å². The van der Waals surface area contributed by atoms with Crippen molar-refractivity contribution in [2.45, 2.75) is 24.8 Å². The Hall–Kier alpha value is -4.75. The van der Waals surface area contributed by atoms with E-state index in [2.05, 4.69) is 5.32 Å². The van der Waals surface area contributed by atoms with Gasteiger partial charge >= 0.3 is 0 Å². The molecule has 1 heterocycles. The van der Waals surface area contributed by atoms with E-state index in [0.29, 0.717) is 45.2 Å². The fourth-order valence-electron chi connectivity index (χ4n) is 5.63. The summed E-state index contributed by atoms with van der Waals surface area (Å²) in [5, 5.41) is 15.8. The number of nitrogens with zero attached hydrogens (tertiary/aromatic N) is 2. The minimum Gasteiger partial charge on any atom is -0.357 e. The molecule has 1 aliphatic carbocycles. The van der Waals surface area contributed by atoms with E-state index in [9.17, 15) is 19.7 Å². The van der Waals surface area contributed by atoms with E-state index >= 15 is 0 Å². The number of halogens is 1. The Balaban J connectivity index is 1.57. The molecule has 0 saturated carbocycles. The number of nitro benzene ring substituents is 1. The SMILES string of the molecule is O=C1C[C@@H](c2ccc(Cl)cc2)CC2=C1[C@@H](c1cccc([N+](=O)[O-])c1)N(C(=O)c1ccccc1)c1ccccc1N2. The average molecular weight is 550 g/mol. The van der Waals surface area contributed by atoms with Crippen molar-refractivity contribution in [2.75, 3.05) is 10.2 Å². The lowest BCUT2D eigenvalue weighted by molar-refractivity contribution is -0.384. The van der Waals surface area contributed by atoms with Crippen molar-refractivity contribution in [2.24, 2.45) is 0 Å². The first-order valence-corrected chi connectivity index (χ1v) is 13.3. The summed E-state index contributed by atoms with van der Waals surface area (Å²) in [5.41, 5.74) is 4.21. The number of Topliss-reactive ketones (excluding diaryl/α,β-unsaturated/α-hetero) is 1. The van der Waals surface area contributed by atoms with Crippen molar-refractivity contribution in [1.29, 1.82) is 0 Å². The molecule has 0 radical (unpaired) electrons. The first kappa shape index (κ1) is 25.5. The highest BCUT2D eigenvalue weighted by atomic mass is 35.5. The monoisotopic (exact) mass is 549 g/mol. The number of carbonyl (C=O) groups excluding carboxylic acids is 2. The number of anilines is 2. The summed E-state index contributed by atoms with van der Waals surface area (Å²) < 4.78 is 0. The second-order valence-corrected chi connectivity index (χ2v) is 10.3. The van der Waals surface area contributed by atoms with Crippen LogP contribution in [0.25, 0.3) is 0 Å². The molecule has 198 valence electrons. The third-order valence-electron chi connectivity index (χ3n) is 7.47. The summed E-state index contributed by atoms with van der Waals surface area (Å²) in [7, 11) is 0. The molecule has 0 aromatic heterocycles. The van der Waals surface area contributed by atoms with Gasteiger partial charge in [0, 0.05) is 40.4 Å². The lowest BCUT2D eigenvalue weighted by Gasteiger charge is -2.35. The highest BCUT2D eigenvalue weighted by Gasteiger charge is 2.42. The van der Waals surface area contributed by atoms with Crippen molar-refractivity contribution in [3.8, 4) is 0 Å². The lowest BCUT2D eigenvalue weighted by Crippen LogP contribution is -2.38. The number of nitro groups is 1. The van der Waals surface area contributed by atoms with Gasteiger partial charge in [-0.1, -0.05) is 66.2 Å². The largest absolute Gasteiger partial charge is 0.357 e. The Bertz CT molecular complexity index is 1670. The van der Waals surface area contributed by atoms with Crippen molar-refractivity contribution < 1.29 is 14.5 Å². The van der Waals surface area contributed by atoms with E-state index in [0.717, 1.165) is 5.56 Å². The molecule has 1 N–H and O–H groups in total. The minimum atomic E-state index is -0.877. The van der Waals surface area contributed by atoms with E-state index in [1.54, 1.807) is 41.3 Å². The summed E-state index contributed by atoms with van der Waals surface area (Å²) in [6.45, 7) is 0. The Morgan fingerprint density at radius 1 is 0.875 bits per heavy atom. The van der Waals surface area contributed by atoms with E-state index in [1.807, 2.05) is 54.6 Å². The van der Waals surface area contributed by atoms with Crippen LogP contribution >= 0.6 is 11.6 Å². The highest BCUT2D eigenvalue weighted by Crippen LogP contribution is 2.48. The number of allylic oxidation sites excluding steroid dienone is 1. The predicted molar refractivity (Wildman–Crippen MR) is 155 cm³/mol. The van der Waals surface area contributed by atoms with Gasteiger partial charge in [-0.15, -0.1) is 0 Å². The number of hydrogen-bond donors (Lipinski definition) is 1. The van der Waals surface area contributed by atoms with E-state index in [-0.39, 0.29) is 29.7 Å². The quantitative estimate of drug-likeness (QED) is 0.211. The van der Waals surface area contributed by atoms with E-state index in [1.165, 1.54) is 12.1 Å². The molecule has 0 spiro atoms. The van der Waals surface area contributed by atoms with Crippen molar-refractivity contribution in [1.82, 2.24) is 0 Å². The first-order valence-electron chi connectivity index (χ1n) is 12.9. The number of ketones is 1. The van der Waals surface area contributed by atoms with E-state index < -0.39 is 11.0 Å². The van der Waals surface area contributed by atoms with Crippen LogP contribution in [0.15, 0.2) is 114 Å². The summed E-state index contributed by atoms with van der Waals surface area (Å²) in [5.74, 6) is -0.526. The molecule has 0 bridgehead atoms. The second kappa shape index (κ2) is 10.4. The number of carbonyl (C=O) groups is 2. The van der Waals surface area contributed by atoms with Gasteiger partial charge in [0.15, 0.2) is 5.78 Å². The van der Waals surface area contributed by atoms with Crippen molar-refractivity contribution >= 4 is 40.4 Å². The number of nitrogens with one attached hydrogen (secondary N) is 1. The fourth-order valence-corrected chi connectivity index (χ4v) is 5.75. The highest BCUT2D eigenvalue weighted by molar-refractivity contribution is 6.30. The summed E-state index contributed by atoms with van der Waals surface area (Å²) in [4.78, 5) is 41.2. The maximum absolute atomic E-state index is 14.2. The molecule has 7 nitrogen and oxygen atoms in total. The molecule has 6 rings (SSSR count). The number of fused-ring (bicyclic) bond motifs is 1. The maximum Gasteiger partial charge on any atom is 0.269 e. The van der Waals surface area contributed by atoms with Crippen LogP contribution in [-0.4, -0.2) is 16.6 Å². The third-order valence-corrected chi connectivity index (χ3v) is 7.72. The van der Waals surface area contributed by atoms with Gasteiger partial charge in [-0.3, -0.25) is 24.6 Å². The molecule has 2 aliphatic rings. The molecule has 0 saturated heterocycles. The number of amides is 1. The number of para-hydroxylation sites is 2. The number of rotatable bonds is 4. The van der Waals surface area contributed by atoms with Crippen molar-refractivity contribution in [3.05, 3.63) is 146 Å². The molecule has 4 aromatic rings. The predicted octanol–water partition coefficient (Wildman–Crippen LogP) is 7.46. The Morgan fingerprint density at radius 3 is 2.35 bits per heavy atom. The van der Waals surface area contributed by atoms with Gasteiger partial charge in [0.1, 0.15) is 0 Å². The lowest BCUT2D eigenvalue weighted by atomic mass is 9.78. The Kier molecular flexibility index (Phi) is 6.66. The van der Waals surface area contributed by atoms with Crippen LogP contribution in [0.4, 0.5) is 17.1 Å². The molecule has 1 aliphatic heterocycles. The van der Waals surface area contributed by atoms with Crippen LogP contribution < -0.4 is 10.2 Å². The van der Waals surface area contributed by atoms with Crippen LogP contribution in [0.3, 0.4) is 0 Å². The second-order valence-electron chi connectivity index (χ2n) is 9.91. The van der Waals surface area contributed by atoms with Gasteiger partial charge in [0.05, 0.1) is 22.3 Å². The number of benzene rings is 4. The minimum absolute atomic E-state index is 0.0923.